The molecule has 2 fully saturated rings. The van der Waals surface area contributed by atoms with Gasteiger partial charge in [-0.3, -0.25) is 38.4 Å². The molecule has 9 N–H and O–H groups in total. The molecule has 6 atom stereocenters. The van der Waals surface area contributed by atoms with E-state index >= 15 is 0 Å². The zero-order valence-electron chi connectivity index (χ0n) is 33.7. The molecule has 2 aliphatic heterocycles. The Labute approximate surface area is 350 Å². The van der Waals surface area contributed by atoms with Crippen LogP contribution in [0.5, 0.6) is 0 Å². The quantitative estimate of drug-likeness (QED) is 0.0796. The molecule has 2 saturated heterocycles. The fourth-order valence-electron chi connectivity index (χ4n) is 6.66. The highest BCUT2D eigenvalue weighted by Crippen LogP contribution is 2.26. The standard InChI is InChI=1S/C38H55N9O10S2/c1-22-38(56)46-19-24(57-20-23-17-40-26-10-6-5-9-25(23)26)15-30(46)37(55)45-29(34(39)52)21-59-58-14-12-31(48)43-27(11-7-8-13-47(2,3)4)35(53)41-18-32(49)44-28(16-33(50)51)36(54)42-22/h5-6,9-10,17,22,24,27-30,40H,7-8,11-16,18-21H2,1-4H3,(H7-,39,41,42,43,44,45,48,49,50,51,52,53,54,55)/p+1/t22-,24?,27-,28-,29-,30-/m0/s1. The van der Waals surface area contributed by atoms with Crippen LogP contribution in [0, 0.1) is 0 Å². The maximum absolute atomic E-state index is 14.0. The third kappa shape index (κ3) is 14.7. The Morgan fingerprint density at radius 2 is 1.66 bits per heavy atom. The van der Waals surface area contributed by atoms with E-state index < -0.39 is 96.6 Å². The lowest BCUT2D eigenvalue weighted by Gasteiger charge is -2.28. The van der Waals surface area contributed by atoms with E-state index in [9.17, 15) is 43.5 Å². The molecule has 4 rings (SSSR count). The summed E-state index contributed by atoms with van der Waals surface area (Å²) in [5, 5.41) is 23.1. The third-order valence-corrected chi connectivity index (χ3v) is 12.2. The molecule has 1 aromatic carbocycles. The first-order chi connectivity index (χ1) is 27.9. The van der Waals surface area contributed by atoms with E-state index in [0.29, 0.717) is 16.7 Å². The molecule has 0 radical (unpaired) electrons. The third-order valence-electron chi connectivity index (χ3n) is 9.79. The molecule has 7 amide bonds. The Morgan fingerprint density at radius 3 is 2.37 bits per heavy atom. The van der Waals surface area contributed by atoms with Gasteiger partial charge in [0.15, 0.2) is 0 Å². The minimum absolute atomic E-state index is 0.0116. The zero-order chi connectivity index (χ0) is 43.3. The number of benzene rings is 1. The van der Waals surface area contributed by atoms with Crippen molar-refractivity contribution >= 4 is 79.8 Å². The van der Waals surface area contributed by atoms with E-state index in [-0.39, 0.29) is 38.2 Å². The maximum Gasteiger partial charge on any atom is 0.305 e. The number of nitrogens with zero attached hydrogens (tertiary/aromatic N) is 2. The number of aliphatic carboxylic acids is 1. The molecule has 324 valence electrons. The number of quaternary nitrogens is 1. The summed E-state index contributed by atoms with van der Waals surface area (Å²) in [6, 6.07) is 1.42. The monoisotopic (exact) mass is 862 g/mol. The number of unbranched alkanes of at least 4 members (excludes halogenated alkanes) is 1. The van der Waals surface area contributed by atoms with Crippen LogP contribution in [-0.4, -0.2) is 155 Å². The minimum atomic E-state index is -1.64. The van der Waals surface area contributed by atoms with Crippen molar-refractivity contribution in [2.24, 2.45) is 5.73 Å². The molecular formula is C38H56N9O10S2+. The van der Waals surface area contributed by atoms with Crippen molar-refractivity contribution in [1.29, 1.82) is 0 Å². The van der Waals surface area contributed by atoms with E-state index in [1.54, 1.807) is 0 Å². The lowest BCUT2D eigenvalue weighted by Crippen LogP contribution is -2.58. The van der Waals surface area contributed by atoms with Crippen LogP contribution in [-0.2, 0) is 49.7 Å². The average molecular weight is 863 g/mol. The number of carbonyl (C=O) groups excluding carboxylic acids is 7. The van der Waals surface area contributed by atoms with Crippen molar-refractivity contribution in [3.63, 3.8) is 0 Å². The highest BCUT2D eigenvalue weighted by molar-refractivity contribution is 8.76. The van der Waals surface area contributed by atoms with Gasteiger partial charge in [-0.25, -0.2) is 0 Å². The lowest BCUT2D eigenvalue weighted by molar-refractivity contribution is -0.870. The lowest BCUT2D eigenvalue weighted by atomic mass is 10.1. The molecule has 0 spiro atoms. The highest BCUT2D eigenvalue weighted by Gasteiger charge is 2.43. The van der Waals surface area contributed by atoms with Gasteiger partial charge in [0.25, 0.3) is 0 Å². The second kappa shape index (κ2) is 21.9. The number of rotatable bonds is 11. The number of nitrogens with two attached hydrogens (primary N) is 1. The number of carbonyl (C=O) groups is 8. The number of fused-ring (bicyclic) bond motifs is 2. The van der Waals surface area contributed by atoms with Crippen LogP contribution in [0.1, 0.15) is 51.0 Å². The first kappa shape index (κ1) is 46.8. The van der Waals surface area contributed by atoms with E-state index in [1.807, 2.05) is 51.6 Å². The number of H-pyrrole nitrogens is 1. The van der Waals surface area contributed by atoms with Crippen LogP contribution in [0.15, 0.2) is 30.5 Å². The number of carboxylic acid groups (broad SMARTS) is 1. The van der Waals surface area contributed by atoms with Gasteiger partial charge in [-0.05, 0) is 32.3 Å². The number of nitrogens with one attached hydrogen (secondary N) is 6. The molecule has 19 nitrogen and oxygen atoms in total. The Hall–Kier alpha value is -4.86. The van der Waals surface area contributed by atoms with Crippen molar-refractivity contribution in [2.45, 2.75) is 88.4 Å². The smallest absolute Gasteiger partial charge is 0.305 e. The van der Waals surface area contributed by atoms with E-state index in [0.717, 1.165) is 29.4 Å². The normalized spacial score (nSPS) is 25.0. The number of carboxylic acids is 1. The largest absolute Gasteiger partial charge is 0.481 e. The van der Waals surface area contributed by atoms with Gasteiger partial charge in [0.2, 0.25) is 41.4 Å². The molecule has 1 unspecified atom stereocenters. The summed E-state index contributed by atoms with van der Waals surface area (Å²) in [5.74, 6) is -6.22. The Kier molecular flexibility index (Phi) is 17.4. The van der Waals surface area contributed by atoms with Gasteiger partial charge < -0.3 is 56.5 Å². The predicted octanol–water partition coefficient (Wildman–Crippen LogP) is -0.649. The van der Waals surface area contributed by atoms with Gasteiger partial charge in [-0.1, -0.05) is 39.8 Å². The summed E-state index contributed by atoms with van der Waals surface area (Å²) < 4.78 is 6.90. The minimum Gasteiger partial charge on any atom is -0.481 e. The summed E-state index contributed by atoms with van der Waals surface area (Å²) in [4.78, 5) is 109. The number of primary amides is 1. The number of amides is 7. The second-order valence-corrected chi connectivity index (χ2v) is 18.3. The molecule has 0 saturated carbocycles. The fraction of sp³-hybridized carbons (Fsp3) is 0.579. The summed E-state index contributed by atoms with van der Waals surface area (Å²) >= 11 is 0. The molecule has 2 aliphatic rings. The topological polar surface area (TPSA) is 271 Å². The predicted molar refractivity (Wildman–Crippen MR) is 221 cm³/mol. The molecule has 0 aliphatic carbocycles. The Morgan fingerprint density at radius 1 is 0.932 bits per heavy atom. The van der Waals surface area contributed by atoms with E-state index in [4.69, 9.17) is 10.5 Å². The summed E-state index contributed by atoms with van der Waals surface area (Å²) in [5.41, 5.74) is 7.44. The van der Waals surface area contributed by atoms with Crippen LogP contribution < -0.4 is 32.3 Å². The fourth-order valence-corrected chi connectivity index (χ4v) is 8.82. The summed E-state index contributed by atoms with van der Waals surface area (Å²) in [6.45, 7) is 1.65. The number of ether oxygens (including phenoxy) is 1. The van der Waals surface area contributed by atoms with Gasteiger partial charge in [0.05, 0.1) is 53.4 Å². The van der Waals surface area contributed by atoms with Crippen LogP contribution >= 0.6 is 21.6 Å². The number of aromatic nitrogens is 1. The number of hydrogen-bond acceptors (Lipinski definition) is 11. The van der Waals surface area contributed by atoms with Crippen molar-refractivity contribution in [1.82, 2.24) is 36.5 Å². The molecule has 21 heteroatoms. The van der Waals surface area contributed by atoms with E-state index in [1.165, 1.54) is 33.4 Å². The number of hydrogen-bond donors (Lipinski definition) is 8. The van der Waals surface area contributed by atoms with Gasteiger partial charge >= 0.3 is 5.97 Å². The van der Waals surface area contributed by atoms with Crippen LogP contribution in [0.4, 0.5) is 0 Å². The molecule has 2 aromatic rings. The SMILES string of the molecule is C[C@@H]1NC(=O)[C@H](CC(=O)O)NC(=O)CNC(=O)[C@H](CCCC[N+](C)(C)C)NC(=O)CCSSC[C@@H](C(N)=O)NC(=O)[C@@H]2CC(OCc3c[nH]c4ccccc34)CN2C1=O. The Balaban J connectivity index is 1.53. The average Bonchev–Trinajstić information content (AvgIpc) is 3.79. The first-order valence-corrected chi connectivity index (χ1v) is 21.9. The van der Waals surface area contributed by atoms with Crippen molar-refractivity contribution in [3.05, 3.63) is 36.0 Å². The van der Waals surface area contributed by atoms with Crippen molar-refractivity contribution in [3.8, 4) is 0 Å². The zero-order valence-corrected chi connectivity index (χ0v) is 35.4. The van der Waals surface area contributed by atoms with Gasteiger partial charge in [-0.15, -0.1) is 0 Å². The molecular weight excluding hydrogens is 807 g/mol. The van der Waals surface area contributed by atoms with Crippen LogP contribution in [0.3, 0.4) is 0 Å². The van der Waals surface area contributed by atoms with E-state index in [2.05, 4.69) is 31.6 Å². The molecule has 1 aromatic heterocycles. The van der Waals surface area contributed by atoms with Gasteiger partial charge in [-0.2, -0.15) is 0 Å². The highest BCUT2D eigenvalue weighted by atomic mass is 33.1. The second-order valence-electron chi connectivity index (χ2n) is 15.7. The van der Waals surface area contributed by atoms with Gasteiger partial charge in [0.1, 0.15) is 30.2 Å². The maximum atomic E-state index is 14.0. The van der Waals surface area contributed by atoms with Crippen LogP contribution in [0.25, 0.3) is 10.9 Å². The summed E-state index contributed by atoms with van der Waals surface area (Å²) in [6.07, 6.45) is 2.03. The number of para-hydroxylation sites is 1. The van der Waals surface area contributed by atoms with Crippen molar-refractivity contribution in [2.75, 3.05) is 52.3 Å². The van der Waals surface area contributed by atoms with Crippen LogP contribution in [0.2, 0.25) is 0 Å². The van der Waals surface area contributed by atoms with Gasteiger partial charge in [0, 0.05) is 53.6 Å². The number of aromatic amines is 1. The Bertz CT molecular complexity index is 1850. The summed E-state index contributed by atoms with van der Waals surface area (Å²) in [7, 11) is 8.57. The molecule has 59 heavy (non-hydrogen) atoms. The first-order valence-electron chi connectivity index (χ1n) is 19.4. The molecule has 3 heterocycles. The molecule has 0 bridgehead atoms. The van der Waals surface area contributed by atoms with Crippen molar-refractivity contribution < 1.29 is 52.7 Å².